The van der Waals surface area contributed by atoms with Gasteiger partial charge in [0, 0.05) is 11.8 Å². The number of nitrogens with zero attached hydrogens (tertiary/aromatic N) is 2. The lowest BCUT2D eigenvalue weighted by Crippen LogP contribution is -2.15. The molecule has 1 N–H and O–H groups in total. The summed E-state index contributed by atoms with van der Waals surface area (Å²) < 4.78 is 14.7. The van der Waals surface area contributed by atoms with E-state index in [4.69, 9.17) is 11.6 Å². The first kappa shape index (κ1) is 20.6. The molecule has 31 heavy (non-hydrogen) atoms. The van der Waals surface area contributed by atoms with E-state index in [1.165, 1.54) is 12.1 Å². The van der Waals surface area contributed by atoms with Crippen LogP contribution in [0.4, 0.5) is 10.2 Å². The molecule has 0 atom stereocenters. The van der Waals surface area contributed by atoms with Crippen LogP contribution in [0.15, 0.2) is 91.1 Å². The first-order valence-electron chi connectivity index (χ1n) is 9.69. The number of halogens is 2. The van der Waals surface area contributed by atoms with Crippen LogP contribution in [0, 0.1) is 5.82 Å². The van der Waals surface area contributed by atoms with Crippen molar-refractivity contribution in [2.24, 2.45) is 0 Å². The second kappa shape index (κ2) is 9.41. The van der Waals surface area contributed by atoms with Crippen molar-refractivity contribution in [2.45, 2.75) is 6.54 Å². The molecule has 0 fully saturated rings. The van der Waals surface area contributed by atoms with Gasteiger partial charge in [-0.25, -0.2) is 4.39 Å². The molecule has 1 aromatic heterocycles. The van der Waals surface area contributed by atoms with Crippen LogP contribution in [0.5, 0.6) is 0 Å². The van der Waals surface area contributed by atoms with Gasteiger partial charge in [0.2, 0.25) is 0 Å². The summed E-state index contributed by atoms with van der Waals surface area (Å²) in [6.45, 7) is 0.404. The van der Waals surface area contributed by atoms with Crippen molar-refractivity contribution >= 4 is 35.0 Å². The van der Waals surface area contributed by atoms with Gasteiger partial charge in [-0.1, -0.05) is 84.4 Å². The summed E-state index contributed by atoms with van der Waals surface area (Å²) in [5, 5.41) is 7.52. The molecule has 4 nitrogen and oxygen atoms in total. The van der Waals surface area contributed by atoms with Crippen LogP contribution in [0.1, 0.15) is 16.7 Å². The number of anilines is 1. The van der Waals surface area contributed by atoms with E-state index in [0.717, 1.165) is 16.7 Å². The Hall–Kier alpha value is -3.70. The summed E-state index contributed by atoms with van der Waals surface area (Å²) in [5.74, 6) is -0.346. The zero-order valence-corrected chi connectivity index (χ0v) is 17.3. The van der Waals surface area contributed by atoms with Gasteiger partial charge in [0.15, 0.2) is 5.82 Å². The van der Waals surface area contributed by atoms with E-state index in [9.17, 15) is 9.18 Å². The molecule has 0 aliphatic carbocycles. The van der Waals surface area contributed by atoms with Crippen LogP contribution < -0.4 is 5.32 Å². The van der Waals surface area contributed by atoms with E-state index in [1.54, 1.807) is 23.0 Å². The number of aromatic nitrogens is 2. The van der Waals surface area contributed by atoms with Crippen LogP contribution in [-0.2, 0) is 11.3 Å². The molecule has 6 heteroatoms. The van der Waals surface area contributed by atoms with E-state index < -0.39 is 0 Å². The number of rotatable bonds is 6. The summed E-state index contributed by atoms with van der Waals surface area (Å²) in [5.41, 5.74) is 3.05. The molecule has 1 amide bonds. The van der Waals surface area contributed by atoms with Gasteiger partial charge in [0.1, 0.15) is 10.8 Å². The largest absolute Gasteiger partial charge is 0.304 e. The zero-order valence-electron chi connectivity index (χ0n) is 16.5. The predicted octanol–water partition coefficient (Wildman–Crippen LogP) is 5.90. The Bertz CT molecular complexity index is 1200. The van der Waals surface area contributed by atoms with Crippen LogP contribution in [0.2, 0.25) is 5.02 Å². The van der Waals surface area contributed by atoms with Crippen LogP contribution in [0.3, 0.4) is 0 Å². The Balaban J connectivity index is 1.58. The second-order valence-electron chi connectivity index (χ2n) is 6.94. The van der Waals surface area contributed by atoms with Gasteiger partial charge in [-0.05, 0) is 34.9 Å². The fraction of sp³-hybridized carbons (Fsp3) is 0.0400. The standard InChI is InChI=1S/C25H19ClFN3O/c26-23-17-30(16-19-11-13-21(27)14-12-19)29-24(23)28-25(31)22(20-9-5-2-6-10-20)15-18-7-3-1-4-8-18/h1-15,17H,16H2,(H,28,29,31)/b22-15-. The minimum Gasteiger partial charge on any atom is -0.304 e. The molecule has 3 aromatic carbocycles. The lowest BCUT2D eigenvalue weighted by atomic mass is 10.0. The van der Waals surface area contributed by atoms with E-state index in [-0.39, 0.29) is 17.5 Å². The van der Waals surface area contributed by atoms with Crippen molar-refractivity contribution in [3.63, 3.8) is 0 Å². The average molecular weight is 432 g/mol. The molecule has 4 aromatic rings. The molecular weight excluding hydrogens is 413 g/mol. The Kier molecular flexibility index (Phi) is 6.24. The van der Waals surface area contributed by atoms with Crippen LogP contribution in [0.25, 0.3) is 11.6 Å². The molecule has 0 aliphatic heterocycles. The number of nitrogens with one attached hydrogen (secondary N) is 1. The minimum atomic E-state index is -0.316. The maximum Gasteiger partial charge on any atom is 0.257 e. The fourth-order valence-corrected chi connectivity index (χ4v) is 3.33. The van der Waals surface area contributed by atoms with Crippen molar-refractivity contribution in [2.75, 3.05) is 5.32 Å². The average Bonchev–Trinajstić information content (AvgIpc) is 3.13. The number of hydrogen-bond acceptors (Lipinski definition) is 2. The summed E-state index contributed by atoms with van der Waals surface area (Å²) in [7, 11) is 0. The lowest BCUT2D eigenvalue weighted by Gasteiger charge is -2.09. The van der Waals surface area contributed by atoms with Crippen molar-refractivity contribution in [3.8, 4) is 0 Å². The van der Waals surface area contributed by atoms with Gasteiger partial charge in [-0.15, -0.1) is 0 Å². The molecule has 0 unspecified atom stereocenters. The third-order valence-corrected chi connectivity index (χ3v) is 4.92. The van der Waals surface area contributed by atoms with E-state index in [0.29, 0.717) is 17.1 Å². The molecule has 0 aliphatic rings. The third-order valence-electron chi connectivity index (χ3n) is 4.65. The first-order valence-corrected chi connectivity index (χ1v) is 10.1. The van der Waals surface area contributed by atoms with Gasteiger partial charge >= 0.3 is 0 Å². The first-order chi connectivity index (χ1) is 15.1. The summed E-state index contributed by atoms with van der Waals surface area (Å²) in [4.78, 5) is 13.1. The maximum atomic E-state index is 13.1. The van der Waals surface area contributed by atoms with E-state index in [2.05, 4.69) is 10.4 Å². The molecule has 0 bridgehead atoms. The molecule has 0 saturated carbocycles. The number of hydrogen-bond donors (Lipinski definition) is 1. The van der Waals surface area contributed by atoms with Gasteiger partial charge < -0.3 is 5.32 Å². The molecule has 154 valence electrons. The summed E-state index contributed by atoms with van der Waals surface area (Å²) >= 11 is 6.31. The molecule has 0 spiro atoms. The highest BCUT2D eigenvalue weighted by Gasteiger charge is 2.16. The predicted molar refractivity (Wildman–Crippen MR) is 122 cm³/mol. The quantitative estimate of drug-likeness (QED) is 0.305. The highest BCUT2D eigenvalue weighted by atomic mass is 35.5. The highest BCUT2D eigenvalue weighted by molar-refractivity contribution is 6.35. The SMILES string of the molecule is O=C(Nc1nn(Cc2ccc(F)cc2)cc1Cl)/C(=C\c1ccccc1)c1ccccc1. The zero-order chi connectivity index (χ0) is 21.6. The summed E-state index contributed by atoms with van der Waals surface area (Å²) in [6.07, 6.45) is 3.46. The smallest absolute Gasteiger partial charge is 0.257 e. The van der Waals surface area contributed by atoms with Gasteiger partial charge in [0.05, 0.1) is 6.54 Å². The normalized spacial score (nSPS) is 11.4. The van der Waals surface area contributed by atoms with Gasteiger partial charge in [-0.3, -0.25) is 9.48 Å². The van der Waals surface area contributed by atoms with E-state index >= 15 is 0 Å². The molecule has 0 radical (unpaired) electrons. The number of amides is 1. The van der Waals surface area contributed by atoms with Gasteiger partial charge in [0.25, 0.3) is 5.91 Å². The maximum absolute atomic E-state index is 13.1. The van der Waals surface area contributed by atoms with Crippen molar-refractivity contribution < 1.29 is 9.18 Å². The molecular formula is C25H19ClFN3O. The Morgan fingerprint density at radius 3 is 2.29 bits per heavy atom. The number of carbonyl (C=O) groups excluding carboxylic acids is 1. The second-order valence-corrected chi connectivity index (χ2v) is 7.35. The van der Waals surface area contributed by atoms with Crippen LogP contribution >= 0.6 is 11.6 Å². The minimum absolute atomic E-state index is 0.267. The Morgan fingerprint density at radius 2 is 1.61 bits per heavy atom. The number of carbonyl (C=O) groups is 1. The molecule has 1 heterocycles. The monoisotopic (exact) mass is 431 g/mol. The van der Waals surface area contributed by atoms with Gasteiger partial charge in [-0.2, -0.15) is 5.10 Å². The fourth-order valence-electron chi connectivity index (χ4n) is 3.13. The lowest BCUT2D eigenvalue weighted by molar-refractivity contribution is -0.111. The Labute approximate surface area is 184 Å². The number of benzene rings is 3. The van der Waals surface area contributed by atoms with Crippen molar-refractivity contribution in [1.82, 2.24) is 9.78 Å². The Morgan fingerprint density at radius 1 is 0.968 bits per heavy atom. The molecule has 4 rings (SSSR count). The van der Waals surface area contributed by atoms with Crippen LogP contribution in [-0.4, -0.2) is 15.7 Å². The topological polar surface area (TPSA) is 46.9 Å². The van der Waals surface area contributed by atoms with E-state index in [1.807, 2.05) is 66.7 Å². The third kappa shape index (κ3) is 5.27. The van der Waals surface area contributed by atoms with Crippen molar-refractivity contribution in [3.05, 3.63) is 119 Å². The molecule has 0 saturated heterocycles. The highest BCUT2D eigenvalue weighted by Crippen LogP contribution is 2.24. The summed E-state index contributed by atoms with van der Waals surface area (Å²) in [6, 6.07) is 25.2. The van der Waals surface area contributed by atoms with Crippen molar-refractivity contribution in [1.29, 1.82) is 0 Å².